The minimum absolute atomic E-state index is 0.124. The molecule has 0 saturated carbocycles. The van der Waals surface area contributed by atoms with Crippen molar-refractivity contribution in [3.8, 4) is 0 Å². The van der Waals surface area contributed by atoms with Gasteiger partial charge in [-0.05, 0) is 12.1 Å². The molecule has 5 N–H and O–H groups in total. The zero-order chi connectivity index (χ0) is 13.0. The maximum Gasteiger partial charge on any atom is 0.260 e. The van der Waals surface area contributed by atoms with E-state index in [0.717, 1.165) is 5.56 Å². The molecule has 96 valence electrons. The molecule has 0 saturated heterocycles. The molecule has 0 unspecified atom stereocenters. The van der Waals surface area contributed by atoms with E-state index in [0.29, 0.717) is 0 Å². The van der Waals surface area contributed by atoms with Gasteiger partial charge in [0.25, 0.3) is 10.0 Å². The second kappa shape index (κ2) is 5.12. The Labute approximate surface area is 104 Å². The van der Waals surface area contributed by atoms with Crippen molar-refractivity contribution in [3.05, 3.63) is 36.3 Å². The number of nitrogen functional groups attached to an aromatic ring is 1. The fourth-order valence-corrected chi connectivity index (χ4v) is 2.45. The summed E-state index contributed by atoms with van der Waals surface area (Å²) in [6.45, 7) is 0.124. The third kappa shape index (κ3) is 2.64. The van der Waals surface area contributed by atoms with Crippen LogP contribution in [0.4, 0.5) is 5.69 Å². The first-order valence-electron chi connectivity index (χ1n) is 5.02. The molecule has 0 aliphatic rings. The molecule has 0 amide bonds. The van der Waals surface area contributed by atoms with Crippen LogP contribution in [0.2, 0.25) is 0 Å². The van der Waals surface area contributed by atoms with Crippen LogP contribution in [0.3, 0.4) is 0 Å². The molecule has 8 nitrogen and oxygen atoms in total. The van der Waals surface area contributed by atoms with Crippen molar-refractivity contribution in [3.63, 3.8) is 0 Å². The highest BCUT2D eigenvalue weighted by Gasteiger charge is 2.19. The number of aromatic amines is 1. The van der Waals surface area contributed by atoms with E-state index in [4.69, 9.17) is 5.84 Å². The van der Waals surface area contributed by atoms with Gasteiger partial charge in [-0.3, -0.25) is 10.9 Å². The Hall–Kier alpha value is -1.97. The maximum absolute atomic E-state index is 12.0. The van der Waals surface area contributed by atoms with Gasteiger partial charge in [0.2, 0.25) is 0 Å². The van der Waals surface area contributed by atoms with Gasteiger partial charge in [0.05, 0.1) is 11.9 Å². The number of hydrogen-bond donors (Lipinski definition) is 4. The van der Waals surface area contributed by atoms with Gasteiger partial charge in [-0.25, -0.2) is 18.1 Å². The van der Waals surface area contributed by atoms with Gasteiger partial charge >= 0.3 is 0 Å². The number of rotatable bonds is 5. The van der Waals surface area contributed by atoms with Gasteiger partial charge in [-0.2, -0.15) is 5.10 Å². The minimum atomic E-state index is -3.72. The van der Waals surface area contributed by atoms with Crippen molar-refractivity contribution in [2.24, 2.45) is 5.84 Å². The number of pyridine rings is 1. The number of nitrogens with two attached hydrogens (primary N) is 1. The summed E-state index contributed by atoms with van der Waals surface area (Å²) >= 11 is 0. The monoisotopic (exact) mass is 268 g/mol. The normalized spacial score (nSPS) is 11.4. The Morgan fingerprint density at radius 1 is 1.44 bits per heavy atom. The summed E-state index contributed by atoms with van der Waals surface area (Å²) in [6.07, 6.45) is 4.51. The lowest BCUT2D eigenvalue weighted by atomic mass is 10.4. The molecule has 0 aromatic carbocycles. The van der Waals surface area contributed by atoms with Gasteiger partial charge in [0.15, 0.2) is 5.03 Å². The van der Waals surface area contributed by atoms with Crippen LogP contribution < -0.4 is 16.0 Å². The van der Waals surface area contributed by atoms with Crippen molar-refractivity contribution in [1.29, 1.82) is 0 Å². The van der Waals surface area contributed by atoms with Crippen LogP contribution in [0.15, 0.2) is 35.7 Å². The molecule has 2 heterocycles. The molecule has 0 aliphatic carbocycles. The average Bonchev–Trinajstić information content (AvgIpc) is 2.89. The number of hydrazine groups is 1. The number of H-pyrrole nitrogens is 1. The van der Waals surface area contributed by atoms with Gasteiger partial charge in [-0.1, -0.05) is 0 Å². The molecule has 0 aliphatic heterocycles. The number of sulfonamides is 1. The highest BCUT2D eigenvalue weighted by molar-refractivity contribution is 7.89. The van der Waals surface area contributed by atoms with Gasteiger partial charge < -0.3 is 5.43 Å². The first kappa shape index (κ1) is 12.5. The Kier molecular flexibility index (Phi) is 3.55. The molecular weight excluding hydrogens is 256 g/mol. The number of aromatic nitrogens is 3. The highest BCUT2D eigenvalue weighted by atomic mass is 32.2. The summed E-state index contributed by atoms with van der Waals surface area (Å²) in [4.78, 5) is 3.80. The molecule has 2 rings (SSSR count). The third-order valence-corrected chi connectivity index (χ3v) is 3.56. The minimum Gasteiger partial charge on any atom is -0.321 e. The standard InChI is InChI=1S/C9H12N6O2S/c10-15-8-2-1-3-11-9(8)18(16,17)14-6-7-4-12-13-5-7/h1-5,14-15H,6,10H2,(H,12,13). The topological polar surface area (TPSA) is 126 Å². The molecule has 0 bridgehead atoms. The Bertz CT molecular complexity index is 610. The molecule has 0 fully saturated rings. The average molecular weight is 268 g/mol. The maximum atomic E-state index is 12.0. The fourth-order valence-electron chi connectivity index (χ4n) is 1.34. The fraction of sp³-hybridized carbons (Fsp3) is 0.111. The van der Waals surface area contributed by atoms with Gasteiger partial charge in [0, 0.05) is 24.5 Å². The molecular formula is C9H12N6O2S. The first-order chi connectivity index (χ1) is 8.63. The molecule has 0 atom stereocenters. The summed E-state index contributed by atoms with van der Waals surface area (Å²) in [6, 6.07) is 3.11. The SMILES string of the molecule is NNc1cccnc1S(=O)(=O)NCc1cn[nH]c1. The second-order valence-corrected chi connectivity index (χ2v) is 5.11. The van der Waals surface area contributed by atoms with Crippen LogP contribution in [0, 0.1) is 0 Å². The van der Waals surface area contributed by atoms with Crippen LogP contribution in [0.1, 0.15) is 5.56 Å². The van der Waals surface area contributed by atoms with E-state index >= 15 is 0 Å². The molecule has 0 radical (unpaired) electrons. The molecule has 2 aromatic heterocycles. The van der Waals surface area contributed by atoms with Crippen molar-refractivity contribution in [1.82, 2.24) is 19.9 Å². The van der Waals surface area contributed by atoms with E-state index in [9.17, 15) is 8.42 Å². The highest BCUT2D eigenvalue weighted by Crippen LogP contribution is 2.16. The van der Waals surface area contributed by atoms with E-state index < -0.39 is 10.0 Å². The summed E-state index contributed by atoms with van der Waals surface area (Å²) in [7, 11) is -3.72. The molecule has 9 heteroatoms. The molecule has 18 heavy (non-hydrogen) atoms. The molecule has 0 spiro atoms. The zero-order valence-corrected chi connectivity index (χ0v) is 10.1. The van der Waals surface area contributed by atoms with Crippen LogP contribution in [0.25, 0.3) is 0 Å². The van der Waals surface area contributed by atoms with E-state index in [1.165, 1.54) is 18.5 Å². The Balaban J connectivity index is 2.20. The number of nitrogens with one attached hydrogen (secondary N) is 3. The van der Waals surface area contributed by atoms with Crippen molar-refractivity contribution in [2.75, 3.05) is 5.43 Å². The number of nitrogens with zero attached hydrogens (tertiary/aromatic N) is 2. The van der Waals surface area contributed by atoms with E-state index in [1.807, 2.05) is 0 Å². The lowest BCUT2D eigenvalue weighted by Crippen LogP contribution is -2.25. The van der Waals surface area contributed by atoms with E-state index in [2.05, 4.69) is 25.3 Å². The summed E-state index contributed by atoms with van der Waals surface area (Å²) in [5.74, 6) is 5.24. The predicted molar refractivity (Wildman–Crippen MR) is 64.7 cm³/mol. The number of anilines is 1. The summed E-state index contributed by atoms with van der Waals surface area (Å²) < 4.78 is 26.4. The van der Waals surface area contributed by atoms with Crippen LogP contribution in [0.5, 0.6) is 0 Å². The van der Waals surface area contributed by atoms with Gasteiger partial charge in [-0.15, -0.1) is 0 Å². The largest absolute Gasteiger partial charge is 0.321 e. The van der Waals surface area contributed by atoms with Crippen molar-refractivity contribution in [2.45, 2.75) is 11.6 Å². The van der Waals surface area contributed by atoms with Crippen molar-refractivity contribution < 1.29 is 8.42 Å². The number of hydrogen-bond acceptors (Lipinski definition) is 6. The Morgan fingerprint density at radius 2 is 2.28 bits per heavy atom. The molecule has 2 aromatic rings. The van der Waals surface area contributed by atoms with E-state index in [1.54, 1.807) is 12.3 Å². The smallest absolute Gasteiger partial charge is 0.260 e. The zero-order valence-electron chi connectivity index (χ0n) is 9.29. The van der Waals surface area contributed by atoms with Crippen LogP contribution in [-0.2, 0) is 16.6 Å². The predicted octanol–water partition coefficient (Wildman–Crippen LogP) is -0.431. The first-order valence-corrected chi connectivity index (χ1v) is 6.51. The quantitative estimate of drug-likeness (QED) is 0.430. The van der Waals surface area contributed by atoms with Crippen LogP contribution in [-0.4, -0.2) is 23.6 Å². The lowest BCUT2D eigenvalue weighted by molar-refractivity contribution is 0.578. The Morgan fingerprint density at radius 3 is 2.94 bits per heavy atom. The van der Waals surface area contributed by atoms with E-state index in [-0.39, 0.29) is 17.3 Å². The summed E-state index contributed by atoms with van der Waals surface area (Å²) in [5, 5.41) is 6.17. The second-order valence-electron chi connectivity index (χ2n) is 3.43. The van der Waals surface area contributed by atoms with Crippen molar-refractivity contribution >= 4 is 15.7 Å². The lowest BCUT2D eigenvalue weighted by Gasteiger charge is -2.08. The van der Waals surface area contributed by atoms with Gasteiger partial charge in [0.1, 0.15) is 0 Å². The summed E-state index contributed by atoms with van der Waals surface area (Å²) in [5.41, 5.74) is 3.25. The third-order valence-electron chi connectivity index (χ3n) is 2.20. The van der Waals surface area contributed by atoms with Crippen LogP contribution >= 0.6 is 0 Å².